The minimum atomic E-state index is -0.519. The van der Waals surface area contributed by atoms with Crippen molar-refractivity contribution in [2.75, 3.05) is 13.6 Å². The van der Waals surface area contributed by atoms with E-state index < -0.39 is 6.04 Å². The number of para-hydroxylation sites is 1. The van der Waals surface area contributed by atoms with Crippen LogP contribution in [0, 0.1) is 6.92 Å². The third kappa shape index (κ3) is 3.00. The van der Waals surface area contributed by atoms with Gasteiger partial charge in [-0.3, -0.25) is 9.59 Å². The van der Waals surface area contributed by atoms with E-state index in [1.807, 2.05) is 48.0 Å². The number of hydrogen-bond donors (Lipinski definition) is 2. The number of aromatic nitrogens is 2. The van der Waals surface area contributed by atoms with E-state index in [1.54, 1.807) is 11.9 Å². The molecule has 2 atom stereocenters. The van der Waals surface area contributed by atoms with Crippen LogP contribution in [0.1, 0.15) is 21.8 Å². The number of amides is 2. The average molecular weight is 383 g/mol. The van der Waals surface area contributed by atoms with Crippen LogP contribution in [0.4, 0.5) is 0 Å². The van der Waals surface area contributed by atoms with Crippen molar-refractivity contribution < 1.29 is 9.59 Å². The maximum absolute atomic E-state index is 13.1. The van der Waals surface area contributed by atoms with Gasteiger partial charge in [0.1, 0.15) is 10.9 Å². The third-order valence-electron chi connectivity index (χ3n) is 4.90. The van der Waals surface area contributed by atoms with Gasteiger partial charge in [-0.15, -0.1) is 11.3 Å². The zero-order chi connectivity index (χ0) is 19.1. The van der Waals surface area contributed by atoms with Crippen molar-refractivity contribution in [2.24, 2.45) is 5.73 Å². The highest BCUT2D eigenvalue weighted by atomic mass is 32.1. The monoisotopic (exact) mass is 383 g/mol. The third-order valence-corrected chi connectivity index (χ3v) is 6.00. The van der Waals surface area contributed by atoms with Gasteiger partial charge in [-0.05, 0) is 31.5 Å². The molecule has 1 fully saturated rings. The fourth-order valence-corrected chi connectivity index (χ4v) is 4.69. The van der Waals surface area contributed by atoms with Crippen LogP contribution in [-0.4, -0.2) is 52.2 Å². The Hall–Kier alpha value is -2.71. The van der Waals surface area contributed by atoms with Crippen molar-refractivity contribution in [3.05, 3.63) is 47.0 Å². The molecule has 3 N–H and O–H groups in total. The Morgan fingerprint density at radius 2 is 2.04 bits per heavy atom. The van der Waals surface area contributed by atoms with Crippen LogP contribution < -0.4 is 11.1 Å². The quantitative estimate of drug-likeness (QED) is 0.720. The smallest absolute Gasteiger partial charge is 0.264 e. The second-order valence-electron chi connectivity index (χ2n) is 6.75. The zero-order valence-electron chi connectivity index (χ0n) is 15.2. The van der Waals surface area contributed by atoms with Crippen molar-refractivity contribution in [2.45, 2.75) is 25.4 Å². The molecule has 0 unspecified atom stereocenters. The summed E-state index contributed by atoms with van der Waals surface area (Å²) in [5, 5.41) is 8.18. The molecule has 0 aliphatic carbocycles. The maximum atomic E-state index is 13.1. The van der Waals surface area contributed by atoms with Gasteiger partial charge >= 0.3 is 0 Å². The number of nitrogens with one attached hydrogen (secondary N) is 1. The highest BCUT2D eigenvalue weighted by molar-refractivity contribution is 7.20. The Balaban J connectivity index is 1.72. The summed E-state index contributed by atoms with van der Waals surface area (Å²) in [4.78, 5) is 28.4. The van der Waals surface area contributed by atoms with Crippen molar-refractivity contribution >= 4 is 33.4 Å². The van der Waals surface area contributed by atoms with Crippen LogP contribution in [0.3, 0.4) is 0 Å². The van der Waals surface area contributed by atoms with E-state index in [1.165, 1.54) is 11.3 Å². The van der Waals surface area contributed by atoms with Crippen LogP contribution in [0.2, 0.25) is 0 Å². The van der Waals surface area contributed by atoms with Crippen LogP contribution in [0.15, 0.2) is 36.4 Å². The van der Waals surface area contributed by atoms with Gasteiger partial charge in [-0.1, -0.05) is 18.2 Å². The molecule has 27 heavy (non-hydrogen) atoms. The fraction of sp³-hybridized carbons (Fsp3) is 0.316. The van der Waals surface area contributed by atoms with Crippen LogP contribution in [-0.2, 0) is 4.79 Å². The highest BCUT2D eigenvalue weighted by Gasteiger charge is 2.38. The number of carbonyl (C=O) groups is 2. The number of aryl methyl sites for hydroxylation is 1. The summed E-state index contributed by atoms with van der Waals surface area (Å²) in [5.74, 6) is -0.333. The Bertz CT molecular complexity index is 1010. The number of nitrogens with two attached hydrogens (primary N) is 1. The Kier molecular flexibility index (Phi) is 4.45. The summed E-state index contributed by atoms with van der Waals surface area (Å²) in [5.41, 5.74) is 7.83. The van der Waals surface area contributed by atoms with Crippen molar-refractivity contribution in [1.82, 2.24) is 20.0 Å². The Morgan fingerprint density at radius 3 is 2.74 bits per heavy atom. The largest absolute Gasteiger partial charge is 0.357 e. The summed E-state index contributed by atoms with van der Waals surface area (Å²) >= 11 is 1.39. The first kappa shape index (κ1) is 17.7. The second-order valence-corrected chi connectivity index (χ2v) is 7.78. The van der Waals surface area contributed by atoms with Gasteiger partial charge in [0.2, 0.25) is 5.91 Å². The van der Waals surface area contributed by atoms with E-state index in [4.69, 9.17) is 5.73 Å². The van der Waals surface area contributed by atoms with E-state index in [-0.39, 0.29) is 17.9 Å². The van der Waals surface area contributed by atoms with Gasteiger partial charge in [-0.2, -0.15) is 5.10 Å². The summed E-state index contributed by atoms with van der Waals surface area (Å²) in [7, 11) is 1.58. The molecular formula is C19H21N5O2S. The van der Waals surface area contributed by atoms with Crippen molar-refractivity contribution in [3.8, 4) is 5.69 Å². The summed E-state index contributed by atoms with van der Waals surface area (Å²) in [6, 6.07) is 11.0. The molecule has 4 rings (SSSR count). The molecule has 0 saturated carbocycles. The highest BCUT2D eigenvalue weighted by Crippen LogP contribution is 2.32. The normalized spacial score (nSPS) is 19.6. The lowest BCUT2D eigenvalue weighted by Crippen LogP contribution is -2.44. The maximum Gasteiger partial charge on any atom is 0.264 e. The van der Waals surface area contributed by atoms with Crippen LogP contribution in [0.5, 0.6) is 0 Å². The molecule has 1 saturated heterocycles. The van der Waals surface area contributed by atoms with Crippen LogP contribution in [0.25, 0.3) is 15.9 Å². The first-order valence-electron chi connectivity index (χ1n) is 8.82. The topological polar surface area (TPSA) is 93.2 Å². The molecule has 3 aromatic rings. The molecule has 0 radical (unpaired) electrons. The number of rotatable bonds is 3. The van der Waals surface area contributed by atoms with Crippen molar-refractivity contribution in [1.29, 1.82) is 0 Å². The van der Waals surface area contributed by atoms with Crippen molar-refractivity contribution in [3.63, 3.8) is 0 Å². The first-order chi connectivity index (χ1) is 13.0. The summed E-state index contributed by atoms with van der Waals surface area (Å²) < 4.78 is 1.86. The predicted octanol–water partition coefficient (Wildman–Crippen LogP) is 1.68. The molecule has 140 valence electrons. The molecule has 2 aromatic heterocycles. The van der Waals surface area contributed by atoms with E-state index >= 15 is 0 Å². The number of carbonyl (C=O) groups excluding carboxylic acids is 2. The average Bonchev–Trinajstić information content (AvgIpc) is 3.36. The van der Waals surface area contributed by atoms with Gasteiger partial charge in [0.25, 0.3) is 5.91 Å². The van der Waals surface area contributed by atoms with Gasteiger partial charge in [-0.25, -0.2) is 4.68 Å². The van der Waals surface area contributed by atoms with E-state index in [0.29, 0.717) is 17.8 Å². The van der Waals surface area contributed by atoms with E-state index in [2.05, 4.69) is 10.4 Å². The fourth-order valence-electron chi connectivity index (χ4n) is 3.55. The first-order valence-corrected chi connectivity index (χ1v) is 9.64. The second kappa shape index (κ2) is 6.79. The predicted molar refractivity (Wildman–Crippen MR) is 105 cm³/mol. The van der Waals surface area contributed by atoms with E-state index in [0.717, 1.165) is 21.6 Å². The number of hydrogen-bond acceptors (Lipinski definition) is 5. The lowest BCUT2D eigenvalue weighted by molar-refractivity contribution is -0.124. The Labute approximate surface area is 160 Å². The number of fused-ring (bicyclic) bond motifs is 1. The summed E-state index contributed by atoms with van der Waals surface area (Å²) in [6.45, 7) is 2.32. The number of likely N-dealkylation sites (N-methyl/N-ethyl adjacent to an activating group) is 1. The van der Waals surface area contributed by atoms with E-state index in [9.17, 15) is 9.59 Å². The SMILES string of the molecule is CNC(=O)[C@@H]1C[C@H](N)CN1C(=O)c1cc2c(C)nn(-c3ccccc3)c2s1. The van der Waals surface area contributed by atoms with Gasteiger partial charge in [0.15, 0.2) is 0 Å². The van der Waals surface area contributed by atoms with Gasteiger partial charge in [0, 0.05) is 25.0 Å². The number of likely N-dealkylation sites (tertiary alicyclic amines) is 1. The lowest BCUT2D eigenvalue weighted by atomic mass is 10.1. The lowest BCUT2D eigenvalue weighted by Gasteiger charge is -2.22. The molecule has 0 spiro atoms. The minimum Gasteiger partial charge on any atom is -0.357 e. The molecular weight excluding hydrogens is 362 g/mol. The Morgan fingerprint density at radius 1 is 1.30 bits per heavy atom. The molecule has 2 amide bonds. The van der Waals surface area contributed by atoms with Gasteiger partial charge in [0.05, 0.1) is 16.3 Å². The number of benzene rings is 1. The van der Waals surface area contributed by atoms with Crippen LogP contribution >= 0.6 is 11.3 Å². The van der Waals surface area contributed by atoms with Gasteiger partial charge < -0.3 is 16.0 Å². The molecule has 1 aromatic carbocycles. The number of thiophene rings is 1. The molecule has 8 heteroatoms. The molecule has 3 heterocycles. The minimum absolute atomic E-state index is 0.156. The molecule has 0 bridgehead atoms. The summed E-state index contributed by atoms with van der Waals surface area (Å²) in [6.07, 6.45) is 0.479. The zero-order valence-corrected chi connectivity index (χ0v) is 16.0. The number of nitrogens with zero attached hydrogens (tertiary/aromatic N) is 3. The molecule has 7 nitrogen and oxygen atoms in total. The standard InChI is InChI=1S/C19H21N5O2S/c1-11-14-9-16(18(26)23-10-12(20)8-15(23)17(25)21-2)27-19(14)24(22-11)13-6-4-3-5-7-13/h3-7,9,12,15H,8,10,20H2,1-2H3,(H,21,25)/t12-,15-/m0/s1. The molecule has 1 aliphatic heterocycles. The molecule has 1 aliphatic rings.